The van der Waals surface area contributed by atoms with Crippen molar-refractivity contribution >= 4 is 0 Å². The lowest BCUT2D eigenvalue weighted by atomic mass is 10.0. The third kappa shape index (κ3) is 3.60. The minimum Gasteiger partial charge on any atom is -0.388 e. The second-order valence-electron chi connectivity index (χ2n) is 4.73. The number of aryl methyl sites for hydroxylation is 2. The lowest BCUT2D eigenvalue weighted by Gasteiger charge is -2.14. The van der Waals surface area contributed by atoms with Gasteiger partial charge in [-0.3, -0.25) is 4.68 Å². The fourth-order valence-corrected chi connectivity index (χ4v) is 2.06. The molecule has 0 aliphatic rings. The highest BCUT2D eigenvalue weighted by Crippen LogP contribution is 2.32. The monoisotopic (exact) mass is 302 g/mol. The first-order valence-corrected chi connectivity index (χ1v) is 6.30. The molecule has 0 spiro atoms. The third-order valence-electron chi connectivity index (χ3n) is 3.28. The number of nitrogens with zero attached hydrogens (tertiary/aromatic N) is 2. The number of halogens is 4. The number of aliphatic hydroxyl groups excluding tert-OH is 1. The average Bonchev–Trinajstić information content (AvgIpc) is 2.80. The number of aromatic nitrogens is 2. The molecule has 7 heteroatoms. The lowest BCUT2D eigenvalue weighted by Crippen LogP contribution is -2.09. The molecule has 114 valence electrons. The first-order chi connectivity index (χ1) is 9.79. The molecule has 2 rings (SSSR count). The summed E-state index contributed by atoms with van der Waals surface area (Å²) in [7, 11) is 1.71. The maximum Gasteiger partial charge on any atom is 0.416 e. The zero-order valence-electron chi connectivity index (χ0n) is 11.2. The Balaban J connectivity index is 2.15. The Bertz CT molecular complexity index is 622. The highest BCUT2D eigenvalue weighted by molar-refractivity contribution is 5.28. The van der Waals surface area contributed by atoms with Gasteiger partial charge in [0.15, 0.2) is 0 Å². The summed E-state index contributed by atoms with van der Waals surface area (Å²) < 4.78 is 53.0. The SMILES string of the molecule is Cn1nccc1CCC(O)c1cc(C(F)(F)F)ccc1F. The van der Waals surface area contributed by atoms with Crippen molar-refractivity contribution in [3.63, 3.8) is 0 Å². The number of rotatable bonds is 4. The van der Waals surface area contributed by atoms with E-state index in [2.05, 4.69) is 5.10 Å². The van der Waals surface area contributed by atoms with Crippen LogP contribution >= 0.6 is 0 Å². The van der Waals surface area contributed by atoms with Crippen molar-refractivity contribution in [1.29, 1.82) is 0 Å². The van der Waals surface area contributed by atoms with Crippen molar-refractivity contribution in [2.75, 3.05) is 0 Å². The van der Waals surface area contributed by atoms with Crippen LogP contribution in [-0.4, -0.2) is 14.9 Å². The average molecular weight is 302 g/mol. The van der Waals surface area contributed by atoms with Crippen molar-refractivity contribution < 1.29 is 22.7 Å². The Kier molecular flexibility index (Phi) is 4.32. The molecule has 1 aromatic carbocycles. The van der Waals surface area contributed by atoms with Crippen LogP contribution in [0.2, 0.25) is 0 Å². The summed E-state index contributed by atoms with van der Waals surface area (Å²) in [4.78, 5) is 0. The van der Waals surface area contributed by atoms with Gasteiger partial charge in [0.2, 0.25) is 0 Å². The summed E-state index contributed by atoms with van der Waals surface area (Å²) in [6, 6.07) is 3.77. The molecule has 1 atom stereocenters. The quantitative estimate of drug-likeness (QED) is 0.881. The molecule has 0 bridgehead atoms. The van der Waals surface area contributed by atoms with Gasteiger partial charge in [-0.1, -0.05) is 0 Å². The van der Waals surface area contributed by atoms with E-state index in [-0.39, 0.29) is 12.0 Å². The topological polar surface area (TPSA) is 38.0 Å². The molecule has 3 nitrogen and oxygen atoms in total. The molecule has 0 aliphatic heterocycles. The molecule has 2 aromatic rings. The van der Waals surface area contributed by atoms with Crippen LogP contribution in [0.1, 0.15) is 29.3 Å². The molecule has 1 aromatic heterocycles. The Labute approximate surface area is 118 Å². The molecule has 1 heterocycles. The Hall–Kier alpha value is -1.89. The minimum atomic E-state index is -4.57. The first-order valence-electron chi connectivity index (χ1n) is 6.30. The minimum absolute atomic E-state index is 0.109. The number of hydrogen-bond donors (Lipinski definition) is 1. The van der Waals surface area contributed by atoms with Gasteiger partial charge >= 0.3 is 6.18 Å². The van der Waals surface area contributed by atoms with Gasteiger partial charge in [0.05, 0.1) is 11.7 Å². The predicted octanol–water partition coefficient (Wildman–Crippen LogP) is 3.24. The standard InChI is InChI=1S/C14H14F4N2O/c1-20-10(6-7-19-20)3-5-13(21)11-8-9(14(16,17)18)2-4-12(11)15/h2,4,6-8,13,21H,3,5H2,1H3. The van der Waals surface area contributed by atoms with E-state index < -0.39 is 23.7 Å². The molecule has 0 radical (unpaired) electrons. The van der Waals surface area contributed by atoms with Gasteiger partial charge in [0.25, 0.3) is 0 Å². The maximum atomic E-state index is 13.6. The van der Waals surface area contributed by atoms with Gasteiger partial charge in [-0.2, -0.15) is 18.3 Å². The molecule has 0 fully saturated rings. The number of alkyl halides is 3. The summed E-state index contributed by atoms with van der Waals surface area (Å²) in [5, 5.41) is 13.9. The normalized spacial score (nSPS) is 13.4. The van der Waals surface area contributed by atoms with Crippen molar-refractivity contribution in [3.05, 3.63) is 53.1 Å². The van der Waals surface area contributed by atoms with Gasteiger partial charge < -0.3 is 5.11 Å². The second-order valence-corrected chi connectivity index (χ2v) is 4.73. The van der Waals surface area contributed by atoms with Crippen molar-refractivity contribution in [1.82, 2.24) is 9.78 Å². The van der Waals surface area contributed by atoms with E-state index in [4.69, 9.17) is 0 Å². The summed E-state index contributed by atoms with van der Waals surface area (Å²) in [5.74, 6) is -0.847. The van der Waals surface area contributed by atoms with Crippen LogP contribution in [0.3, 0.4) is 0 Å². The van der Waals surface area contributed by atoms with E-state index in [9.17, 15) is 22.7 Å². The Morgan fingerprint density at radius 1 is 1.29 bits per heavy atom. The summed E-state index contributed by atoms with van der Waals surface area (Å²) in [6.07, 6.45) is -3.80. The maximum absolute atomic E-state index is 13.6. The summed E-state index contributed by atoms with van der Waals surface area (Å²) >= 11 is 0. The molecule has 0 aliphatic carbocycles. The molecule has 1 unspecified atom stereocenters. The second kappa shape index (κ2) is 5.85. The van der Waals surface area contributed by atoms with Crippen LogP contribution in [0.5, 0.6) is 0 Å². The molecule has 0 amide bonds. The van der Waals surface area contributed by atoms with Gasteiger partial charge in [0, 0.05) is 24.5 Å². The van der Waals surface area contributed by atoms with Gasteiger partial charge in [-0.15, -0.1) is 0 Å². The van der Waals surface area contributed by atoms with Gasteiger partial charge in [-0.05, 0) is 37.1 Å². The van der Waals surface area contributed by atoms with E-state index >= 15 is 0 Å². The highest BCUT2D eigenvalue weighted by Gasteiger charge is 2.31. The summed E-state index contributed by atoms with van der Waals surface area (Å²) in [6.45, 7) is 0. The van der Waals surface area contributed by atoms with E-state index in [1.54, 1.807) is 24.0 Å². The molecular weight excluding hydrogens is 288 g/mol. The van der Waals surface area contributed by atoms with Gasteiger partial charge in [-0.25, -0.2) is 4.39 Å². The van der Waals surface area contributed by atoms with Crippen LogP contribution in [0, 0.1) is 5.82 Å². The van der Waals surface area contributed by atoms with Crippen LogP contribution in [-0.2, 0) is 19.6 Å². The molecular formula is C14H14F4N2O. The van der Waals surface area contributed by atoms with Crippen LogP contribution < -0.4 is 0 Å². The molecule has 0 saturated heterocycles. The lowest BCUT2D eigenvalue weighted by molar-refractivity contribution is -0.137. The highest BCUT2D eigenvalue weighted by atomic mass is 19.4. The van der Waals surface area contributed by atoms with Crippen molar-refractivity contribution in [3.8, 4) is 0 Å². The molecule has 21 heavy (non-hydrogen) atoms. The largest absolute Gasteiger partial charge is 0.416 e. The van der Waals surface area contributed by atoms with E-state index in [1.807, 2.05) is 0 Å². The van der Waals surface area contributed by atoms with Crippen LogP contribution in [0.4, 0.5) is 17.6 Å². The van der Waals surface area contributed by atoms with Crippen LogP contribution in [0.25, 0.3) is 0 Å². The number of benzene rings is 1. The third-order valence-corrected chi connectivity index (χ3v) is 3.28. The van der Waals surface area contributed by atoms with Crippen LogP contribution in [0.15, 0.2) is 30.5 Å². The Morgan fingerprint density at radius 2 is 2.00 bits per heavy atom. The number of hydrogen-bond acceptors (Lipinski definition) is 2. The summed E-state index contributed by atoms with van der Waals surface area (Å²) in [5.41, 5.74) is -0.507. The molecule has 1 N–H and O–H groups in total. The van der Waals surface area contributed by atoms with E-state index in [0.29, 0.717) is 18.6 Å². The van der Waals surface area contributed by atoms with E-state index in [1.165, 1.54) is 0 Å². The van der Waals surface area contributed by atoms with Crippen molar-refractivity contribution in [2.45, 2.75) is 25.1 Å². The smallest absolute Gasteiger partial charge is 0.388 e. The number of aliphatic hydroxyl groups is 1. The predicted molar refractivity (Wildman–Crippen MR) is 67.9 cm³/mol. The fourth-order valence-electron chi connectivity index (χ4n) is 2.06. The van der Waals surface area contributed by atoms with Gasteiger partial charge in [0.1, 0.15) is 5.82 Å². The zero-order chi connectivity index (χ0) is 15.6. The van der Waals surface area contributed by atoms with E-state index in [0.717, 1.165) is 11.8 Å². The molecule has 0 saturated carbocycles. The van der Waals surface area contributed by atoms with Crippen molar-refractivity contribution in [2.24, 2.45) is 7.05 Å². The first kappa shape index (κ1) is 15.5. The zero-order valence-corrected chi connectivity index (χ0v) is 11.2. The fraction of sp³-hybridized carbons (Fsp3) is 0.357. The Morgan fingerprint density at radius 3 is 2.57 bits per heavy atom.